The van der Waals surface area contributed by atoms with Crippen LogP contribution in [0.15, 0.2) is 111 Å². The standard InChI is InChI=1S/C34H36BF2N11O9P2S.C34H36BF2N11O9P2/c1-19-25-30(42-15-40-19)47(17-44-25)33-24(37)27-22(55-33)14-53-59(60,51-11-6-9-38)57-28-23(36)21(13-52-58(35,56-27)50-12-10-39-2)54-34(28)48-18-45-26-29(41-16-43-31(26)48)46-32(49)20-7-4-3-5-8-20;1-19-25-30(42-15-40-19)47(17-44-25)33-24(37)27-22(55-33)13-51-58(50-11-6-9-38)56-28-23(36)21(14-53-59(35,57-27)52-12-10-39-2)54-34(28)48-18-45-26-29(41-16-43-31(26)48)46-32(49)20-7-4-3-5-8-20/h3-5,7-8,15-18,21-24,27-28,33-34H,6,10-14H2,1,35H3,(H,41,43,46,49);3-5,7-8,15-18,21-24,27-28,33-34H,6,10-14H2,1,35H3,(H,41,43,46,49)/t2*21-,22-,23-,24-,27-,28-,33-,34-,58?,59?/m11/s1. The van der Waals surface area contributed by atoms with Crippen molar-refractivity contribution in [1.29, 1.82) is 10.5 Å². The van der Waals surface area contributed by atoms with E-state index < -0.39 is 176 Å². The molecule has 6 fully saturated rings. The maximum atomic E-state index is 16.9. The fraction of sp³-hybridized carbons (Fsp3) is 0.441. The third-order valence-corrected chi connectivity index (χ3v) is 24.3. The molecule has 0 spiro atoms. The third-order valence-electron chi connectivity index (χ3n) is 18.5. The predicted molar refractivity (Wildman–Crippen MR) is 420 cm³/mol. The fourth-order valence-corrected chi connectivity index (χ4v) is 18.4. The van der Waals surface area contributed by atoms with E-state index >= 15 is 17.6 Å². The van der Waals surface area contributed by atoms with Crippen LogP contribution >= 0.6 is 31.0 Å². The molecule has 0 radical (unpaired) electrons. The van der Waals surface area contributed by atoms with E-state index in [0.29, 0.717) is 44.8 Å². The molecule has 20 atom stereocenters. The lowest BCUT2D eigenvalue weighted by Gasteiger charge is -2.31. The second kappa shape index (κ2) is 37.4. The number of carbonyl (C=O) groups is 2. The van der Waals surface area contributed by atoms with E-state index in [9.17, 15) is 20.1 Å². The van der Waals surface area contributed by atoms with Crippen LogP contribution in [0.25, 0.3) is 54.3 Å². The van der Waals surface area contributed by atoms with Gasteiger partial charge in [-0.1, -0.05) is 36.4 Å². The molecule has 10 aromatic rings. The molecule has 6 saturated heterocycles. The number of imidazole rings is 4. The molecule has 6 aliphatic rings. The van der Waals surface area contributed by atoms with Crippen LogP contribution in [-0.2, 0) is 85.0 Å². The number of nitrogens with one attached hydrogen (secondary N) is 2. The zero-order chi connectivity index (χ0) is 83.1. The highest BCUT2D eigenvalue weighted by molar-refractivity contribution is 8.07. The zero-order valence-corrected chi connectivity index (χ0v) is 65.5. The quantitative estimate of drug-likeness (QED) is 0.0248. The minimum atomic E-state index is -4.04. The average molecular weight is 1740 g/mol. The van der Waals surface area contributed by atoms with Gasteiger partial charge < -0.3 is 61.9 Å². The van der Waals surface area contributed by atoms with Gasteiger partial charge in [-0.3, -0.25) is 32.4 Å². The number of alkyl halides is 4. The Morgan fingerprint density at radius 2 is 0.975 bits per heavy atom. The lowest BCUT2D eigenvalue weighted by molar-refractivity contribution is -0.0630. The van der Waals surface area contributed by atoms with Gasteiger partial charge in [0.05, 0.1) is 88.1 Å². The topological polar surface area (TPSA) is 437 Å². The van der Waals surface area contributed by atoms with E-state index in [1.165, 1.54) is 68.9 Å². The van der Waals surface area contributed by atoms with Gasteiger partial charge in [0.25, 0.3) is 11.8 Å². The van der Waals surface area contributed by atoms with Crippen molar-refractivity contribution in [3.05, 3.63) is 157 Å². The Labute approximate surface area is 682 Å². The van der Waals surface area contributed by atoms with Gasteiger partial charge in [-0.2, -0.15) is 10.5 Å². The molecule has 8 aromatic heterocycles. The molecule has 2 aromatic carbocycles. The minimum absolute atomic E-state index is 0.0204. The van der Waals surface area contributed by atoms with Crippen molar-refractivity contribution in [3.8, 4) is 12.1 Å². The number of aryl methyl sites for hydroxylation is 2. The van der Waals surface area contributed by atoms with Gasteiger partial charge >= 0.3 is 15.3 Å². The molecular weight excluding hydrogens is 1670 g/mol. The lowest BCUT2D eigenvalue weighted by Crippen LogP contribution is -2.36. The summed E-state index contributed by atoms with van der Waals surface area (Å²) in [6.45, 7) is 11.8. The highest BCUT2D eigenvalue weighted by atomic mass is 32.5. The monoisotopic (exact) mass is 1740 g/mol. The lowest BCUT2D eigenvalue weighted by atomic mass is 10.1. The molecule has 6 aliphatic heterocycles. The Hall–Kier alpha value is -9.31. The number of anilines is 2. The Kier molecular flexibility index (Phi) is 26.6. The Morgan fingerprint density at radius 1 is 0.555 bits per heavy atom. The van der Waals surface area contributed by atoms with Crippen molar-refractivity contribution < 1.29 is 100 Å². The van der Waals surface area contributed by atoms with Gasteiger partial charge in [0.15, 0.2) is 120 Å². The number of nitriles is 2. The Morgan fingerprint density at radius 3 is 1.45 bits per heavy atom. The van der Waals surface area contributed by atoms with Crippen LogP contribution in [0.3, 0.4) is 0 Å². The first kappa shape index (κ1) is 84.7. The van der Waals surface area contributed by atoms with Crippen LogP contribution in [0.5, 0.6) is 0 Å². The van der Waals surface area contributed by atoms with Crippen molar-refractivity contribution in [3.63, 3.8) is 0 Å². The molecule has 51 heteroatoms. The van der Waals surface area contributed by atoms with Crippen molar-refractivity contribution >= 4 is 126 Å². The fourth-order valence-electron chi connectivity index (χ4n) is 12.9. The van der Waals surface area contributed by atoms with Crippen LogP contribution < -0.4 is 10.6 Å². The zero-order valence-electron chi connectivity index (χ0n) is 61.1. The number of carbonyl (C=O) groups excluding carboxylic acids is 2. The molecule has 4 unspecified atom stereocenters. The summed E-state index contributed by atoms with van der Waals surface area (Å²) in [5.41, 5.74) is 4.18. The van der Waals surface area contributed by atoms with Crippen molar-refractivity contribution in [1.82, 2.24) is 78.1 Å². The number of hydrogen-bond donors (Lipinski definition) is 2. The molecular formula is C68H72B2F4N22O18P4S. The molecule has 622 valence electrons. The number of hydrogen-bond acceptors (Lipinski definition) is 33. The Bertz CT molecular complexity index is 5550. The normalized spacial score (nSPS) is 30.3. The smallest absolute Gasteiger partial charge is 0.333 e. The number of benzene rings is 2. The molecule has 4 bridgehead atoms. The molecule has 2 N–H and O–H groups in total. The minimum Gasteiger partial charge on any atom is -0.346 e. The second-order valence-electron chi connectivity index (χ2n) is 25.8. The number of aromatic nitrogens is 16. The van der Waals surface area contributed by atoms with E-state index in [0.717, 1.165) is 0 Å². The maximum absolute atomic E-state index is 16.9. The van der Waals surface area contributed by atoms with Crippen molar-refractivity contribution in [2.24, 2.45) is 0 Å². The molecule has 2 amide bonds. The predicted octanol–water partition coefficient (Wildman–Crippen LogP) is 7.30. The number of ether oxygens (including phenoxy) is 4. The van der Waals surface area contributed by atoms with Gasteiger partial charge in [-0.05, 0) is 49.9 Å². The van der Waals surface area contributed by atoms with E-state index in [-0.39, 0.29) is 92.9 Å². The first-order valence-corrected chi connectivity index (χ1v) is 41.6. The number of rotatable bonds is 20. The van der Waals surface area contributed by atoms with Crippen LogP contribution in [0.2, 0.25) is 0 Å². The molecule has 119 heavy (non-hydrogen) atoms. The molecule has 0 saturated carbocycles. The van der Waals surface area contributed by atoms with Crippen molar-refractivity contribution in [2.45, 2.75) is 125 Å². The van der Waals surface area contributed by atoms with E-state index in [1.807, 2.05) is 12.1 Å². The summed E-state index contributed by atoms with van der Waals surface area (Å²) in [5, 5.41) is 24.1. The largest absolute Gasteiger partial charge is 0.346 e. The van der Waals surface area contributed by atoms with Crippen molar-refractivity contribution in [2.75, 3.05) is 76.6 Å². The van der Waals surface area contributed by atoms with Gasteiger partial charge in [0, 0.05) is 11.1 Å². The second-order valence-corrected chi connectivity index (χ2v) is 32.3. The highest BCUT2D eigenvalue weighted by Crippen LogP contribution is 2.64. The van der Waals surface area contributed by atoms with Gasteiger partial charge in [-0.25, -0.2) is 118 Å². The first-order chi connectivity index (χ1) is 57.7. The highest BCUT2D eigenvalue weighted by Gasteiger charge is 2.59. The van der Waals surface area contributed by atoms with Gasteiger partial charge in [-0.15, -0.1) is 0 Å². The third kappa shape index (κ3) is 18.3. The van der Waals surface area contributed by atoms with Gasteiger partial charge in [0.2, 0.25) is 43.9 Å². The molecule has 40 nitrogen and oxygen atoms in total. The summed E-state index contributed by atoms with van der Waals surface area (Å²) in [5.74, 6) is -0.691. The van der Waals surface area contributed by atoms with Crippen LogP contribution in [0.1, 0.15) is 69.9 Å². The van der Waals surface area contributed by atoms with Crippen LogP contribution in [0.4, 0.5) is 29.2 Å². The van der Waals surface area contributed by atoms with E-state index in [2.05, 4.69) is 80.1 Å². The summed E-state index contributed by atoms with van der Waals surface area (Å²) in [4.78, 5) is 84.5. The maximum Gasteiger partial charge on any atom is 0.333 e. The number of nitrogens with zero attached hydrogens (tertiary/aromatic N) is 20. The van der Waals surface area contributed by atoms with Crippen LogP contribution in [0, 0.1) is 49.7 Å². The number of fused-ring (bicyclic) bond motifs is 10. The molecule has 0 aliphatic carbocycles. The summed E-state index contributed by atoms with van der Waals surface area (Å²) in [6.07, 6.45) is -12.9. The molecule has 16 rings (SSSR count). The summed E-state index contributed by atoms with van der Waals surface area (Å²) in [6, 6.07) is 21.0. The average Bonchev–Trinajstić information content (AvgIpc) is 1.62. The Balaban J connectivity index is 0.000000186. The van der Waals surface area contributed by atoms with Crippen LogP contribution in [-0.4, -0.2) is 244 Å². The SMILES string of the molecule is [BH3-][P+]1(OCC[N+]#[C-])OC[C@H]2O[C@@H](n3cnc4c(NC(=O)c5ccccc5)ncnc43)[C@H](OP(=S)(OCCC#N)OC[C@H]3O[C@@H](n4cnc5c(C)ncnc54)[C@H](F)[C@@H]3O1)[C@@H]2F.[BH3-][P+]1(OCC[N+]#[C-])OC[C@H]2O[C@@H](n3cnc4c(NC(=O)c5ccccc5)ncnc43)[C@H](OP(OCCC#N)OC[C@H]3O[C@@H](n4cnc5c(C)ncnc54)[C@H](F)[C@@H]3O1)[C@@H]2F. The first-order valence-electron chi connectivity index (χ1n) is 35.7. The summed E-state index contributed by atoms with van der Waals surface area (Å²) < 4.78 is 173. The van der Waals surface area contributed by atoms with Gasteiger partial charge in [0.1, 0.15) is 86.2 Å². The van der Waals surface area contributed by atoms with E-state index in [4.69, 9.17) is 98.2 Å². The number of halogens is 4. The molecule has 14 heterocycles. The number of amides is 2. The summed E-state index contributed by atoms with van der Waals surface area (Å²) >= 11 is 5.86. The summed E-state index contributed by atoms with van der Waals surface area (Å²) in [7, 11) is -11.4. The van der Waals surface area contributed by atoms with E-state index in [1.54, 1.807) is 74.5 Å².